The quantitative estimate of drug-likeness (QED) is 0.470. The van der Waals surface area contributed by atoms with Crippen LogP contribution in [0.3, 0.4) is 0 Å². The van der Waals surface area contributed by atoms with Gasteiger partial charge in [0.15, 0.2) is 5.69 Å². The minimum Gasteiger partial charge on any atom is -0.438 e. The first-order valence-corrected chi connectivity index (χ1v) is 9.83. The van der Waals surface area contributed by atoms with Gasteiger partial charge in [-0.25, -0.2) is 9.97 Å². The molecule has 1 aromatic carbocycles. The standard InChI is InChI=1S/C21H20ClF3N4O/c1-3-16-20(22)17(27-13(2)26-16)6-4-5-14-7-9-15(10-8-14)30-19-12-11-18(28-29-19)21(23,24)25/h7-12H,3-6H2,1-2H3. The molecule has 3 rings (SSSR count). The zero-order valence-electron chi connectivity index (χ0n) is 16.5. The smallest absolute Gasteiger partial charge is 0.435 e. The molecule has 5 nitrogen and oxygen atoms in total. The lowest BCUT2D eigenvalue weighted by molar-refractivity contribution is -0.141. The summed E-state index contributed by atoms with van der Waals surface area (Å²) in [5.74, 6) is 1.19. The van der Waals surface area contributed by atoms with E-state index >= 15 is 0 Å². The summed E-state index contributed by atoms with van der Waals surface area (Å²) >= 11 is 6.38. The molecule has 2 aromatic heterocycles. The van der Waals surface area contributed by atoms with Gasteiger partial charge in [-0.1, -0.05) is 30.7 Å². The van der Waals surface area contributed by atoms with E-state index < -0.39 is 11.9 Å². The van der Waals surface area contributed by atoms with Crippen molar-refractivity contribution in [2.24, 2.45) is 0 Å². The van der Waals surface area contributed by atoms with Crippen LogP contribution in [-0.2, 0) is 25.4 Å². The van der Waals surface area contributed by atoms with E-state index in [9.17, 15) is 13.2 Å². The fourth-order valence-electron chi connectivity index (χ4n) is 2.91. The summed E-state index contributed by atoms with van der Waals surface area (Å²) in [6, 6.07) is 9.26. The molecular formula is C21H20ClF3N4O. The van der Waals surface area contributed by atoms with Crippen LogP contribution in [-0.4, -0.2) is 20.2 Å². The van der Waals surface area contributed by atoms with Gasteiger partial charge in [0.05, 0.1) is 16.4 Å². The number of nitrogens with zero attached hydrogens (tertiary/aromatic N) is 4. The SMILES string of the molecule is CCc1nc(C)nc(CCCc2ccc(Oc3ccc(C(F)(F)F)nn3)cc2)c1Cl. The van der Waals surface area contributed by atoms with Crippen LogP contribution in [0.4, 0.5) is 13.2 Å². The molecule has 158 valence electrons. The highest BCUT2D eigenvalue weighted by Gasteiger charge is 2.33. The lowest BCUT2D eigenvalue weighted by Crippen LogP contribution is -2.08. The number of rotatable bonds is 7. The van der Waals surface area contributed by atoms with Crippen molar-refractivity contribution in [1.82, 2.24) is 20.2 Å². The second kappa shape index (κ2) is 9.38. The third kappa shape index (κ3) is 5.66. The fraction of sp³-hybridized carbons (Fsp3) is 0.333. The maximum Gasteiger partial charge on any atom is 0.435 e. The Morgan fingerprint density at radius 2 is 1.63 bits per heavy atom. The summed E-state index contributed by atoms with van der Waals surface area (Å²) in [7, 11) is 0. The Hall–Kier alpha value is -2.74. The summed E-state index contributed by atoms with van der Waals surface area (Å²) in [6.07, 6.45) is -1.33. The van der Waals surface area contributed by atoms with Crippen LogP contribution in [0, 0.1) is 6.92 Å². The van der Waals surface area contributed by atoms with Crippen molar-refractivity contribution in [3.05, 3.63) is 69.9 Å². The van der Waals surface area contributed by atoms with Crippen molar-refractivity contribution >= 4 is 11.6 Å². The van der Waals surface area contributed by atoms with Gasteiger partial charge in [0.1, 0.15) is 11.6 Å². The Kier molecular flexibility index (Phi) is 6.87. The van der Waals surface area contributed by atoms with E-state index in [4.69, 9.17) is 16.3 Å². The summed E-state index contributed by atoms with van der Waals surface area (Å²) < 4.78 is 43.0. The molecule has 0 atom stereocenters. The van der Waals surface area contributed by atoms with Crippen molar-refractivity contribution in [1.29, 1.82) is 0 Å². The van der Waals surface area contributed by atoms with Gasteiger partial charge in [-0.05, 0) is 56.4 Å². The number of benzene rings is 1. The Bertz CT molecular complexity index is 993. The molecule has 0 aliphatic heterocycles. The second-order valence-electron chi connectivity index (χ2n) is 6.69. The Morgan fingerprint density at radius 1 is 0.933 bits per heavy atom. The van der Waals surface area contributed by atoms with E-state index in [1.807, 2.05) is 26.0 Å². The highest BCUT2D eigenvalue weighted by Crippen LogP contribution is 2.28. The molecule has 0 N–H and O–H groups in total. The average Bonchev–Trinajstić information content (AvgIpc) is 2.71. The van der Waals surface area contributed by atoms with Crippen LogP contribution in [0.1, 0.15) is 41.8 Å². The number of alkyl halides is 3. The summed E-state index contributed by atoms with van der Waals surface area (Å²) in [5, 5.41) is 7.24. The predicted molar refractivity (Wildman–Crippen MR) is 107 cm³/mol. The highest BCUT2D eigenvalue weighted by molar-refractivity contribution is 6.31. The van der Waals surface area contributed by atoms with E-state index in [1.54, 1.807) is 12.1 Å². The molecule has 3 aromatic rings. The molecule has 2 heterocycles. The Balaban J connectivity index is 1.56. The lowest BCUT2D eigenvalue weighted by atomic mass is 10.1. The van der Waals surface area contributed by atoms with Crippen LogP contribution in [0.25, 0.3) is 0 Å². The Morgan fingerprint density at radius 3 is 2.23 bits per heavy atom. The van der Waals surface area contributed by atoms with Gasteiger partial charge in [0, 0.05) is 6.07 Å². The third-order valence-corrected chi connectivity index (χ3v) is 4.83. The summed E-state index contributed by atoms with van der Waals surface area (Å²) in [5.41, 5.74) is 1.77. The third-order valence-electron chi connectivity index (χ3n) is 4.39. The number of halogens is 4. The fourth-order valence-corrected chi connectivity index (χ4v) is 3.22. The van der Waals surface area contributed by atoms with E-state index in [2.05, 4.69) is 20.2 Å². The molecule has 0 saturated carbocycles. The number of aryl methyl sites for hydroxylation is 4. The van der Waals surface area contributed by atoms with Gasteiger partial charge in [-0.3, -0.25) is 0 Å². The predicted octanol–water partition coefficient (Wildman–Crippen LogP) is 5.78. The second-order valence-corrected chi connectivity index (χ2v) is 7.06. The first kappa shape index (κ1) is 22.0. The van der Waals surface area contributed by atoms with Crippen LogP contribution < -0.4 is 4.74 Å². The van der Waals surface area contributed by atoms with Crippen molar-refractivity contribution < 1.29 is 17.9 Å². The normalized spacial score (nSPS) is 11.5. The maximum absolute atomic E-state index is 12.5. The molecule has 30 heavy (non-hydrogen) atoms. The number of aromatic nitrogens is 4. The van der Waals surface area contributed by atoms with Crippen LogP contribution in [0.2, 0.25) is 5.02 Å². The molecule has 0 amide bonds. The molecular weight excluding hydrogens is 417 g/mol. The molecule has 0 aliphatic rings. The van der Waals surface area contributed by atoms with Gasteiger partial charge >= 0.3 is 6.18 Å². The van der Waals surface area contributed by atoms with Crippen molar-refractivity contribution in [2.75, 3.05) is 0 Å². The molecule has 0 fully saturated rings. The minimum atomic E-state index is -4.53. The van der Waals surface area contributed by atoms with Gasteiger partial charge < -0.3 is 4.74 Å². The largest absolute Gasteiger partial charge is 0.438 e. The molecule has 0 radical (unpaired) electrons. The van der Waals surface area contributed by atoms with E-state index in [-0.39, 0.29) is 5.88 Å². The molecule has 9 heteroatoms. The summed E-state index contributed by atoms with van der Waals surface area (Å²) in [4.78, 5) is 8.81. The first-order valence-electron chi connectivity index (χ1n) is 9.46. The van der Waals surface area contributed by atoms with E-state index in [0.29, 0.717) is 10.8 Å². The van der Waals surface area contributed by atoms with Crippen LogP contribution in [0.5, 0.6) is 11.6 Å². The minimum absolute atomic E-state index is 0.00347. The monoisotopic (exact) mass is 436 g/mol. The lowest BCUT2D eigenvalue weighted by Gasteiger charge is -2.09. The number of hydrogen-bond acceptors (Lipinski definition) is 5. The number of hydrogen-bond donors (Lipinski definition) is 0. The van der Waals surface area contributed by atoms with Crippen LogP contribution in [0.15, 0.2) is 36.4 Å². The maximum atomic E-state index is 12.5. The zero-order chi connectivity index (χ0) is 21.7. The van der Waals surface area contributed by atoms with Crippen LogP contribution >= 0.6 is 11.6 Å². The number of ether oxygens (including phenoxy) is 1. The molecule has 0 unspecified atom stereocenters. The molecule has 0 spiro atoms. The summed E-state index contributed by atoms with van der Waals surface area (Å²) in [6.45, 7) is 3.87. The first-order chi connectivity index (χ1) is 14.3. The topological polar surface area (TPSA) is 60.8 Å². The Labute approximate surface area is 177 Å². The zero-order valence-corrected chi connectivity index (χ0v) is 17.3. The van der Waals surface area contributed by atoms with Gasteiger partial charge in [0.25, 0.3) is 0 Å². The average molecular weight is 437 g/mol. The van der Waals surface area contributed by atoms with Gasteiger partial charge in [-0.2, -0.15) is 13.2 Å². The van der Waals surface area contributed by atoms with E-state index in [0.717, 1.165) is 60.6 Å². The van der Waals surface area contributed by atoms with Crippen molar-refractivity contribution in [3.8, 4) is 11.6 Å². The van der Waals surface area contributed by atoms with Gasteiger partial charge in [-0.15, -0.1) is 10.2 Å². The molecule has 0 aliphatic carbocycles. The molecule has 0 saturated heterocycles. The van der Waals surface area contributed by atoms with E-state index in [1.165, 1.54) is 0 Å². The highest BCUT2D eigenvalue weighted by atomic mass is 35.5. The molecule has 0 bridgehead atoms. The van der Waals surface area contributed by atoms with Crippen molar-refractivity contribution in [3.63, 3.8) is 0 Å². The van der Waals surface area contributed by atoms with Crippen molar-refractivity contribution in [2.45, 2.75) is 45.7 Å². The van der Waals surface area contributed by atoms with Gasteiger partial charge in [0.2, 0.25) is 5.88 Å².